The van der Waals surface area contributed by atoms with Crippen LogP contribution in [0.5, 0.6) is 6.01 Å². The van der Waals surface area contributed by atoms with E-state index in [-0.39, 0.29) is 15.0 Å². The molecule has 2 N–H and O–H groups in total. The zero-order valence-electron chi connectivity index (χ0n) is 10.3. The van der Waals surface area contributed by atoms with Crippen molar-refractivity contribution in [2.24, 2.45) is 0 Å². The molecule has 2 heterocycles. The lowest BCUT2D eigenvalue weighted by Gasteiger charge is -2.29. The fourth-order valence-electron chi connectivity index (χ4n) is 2.26. The summed E-state index contributed by atoms with van der Waals surface area (Å²) in [5, 5.41) is 13.6. The van der Waals surface area contributed by atoms with Gasteiger partial charge in [0.1, 0.15) is 11.3 Å². The third kappa shape index (κ3) is 2.30. The van der Waals surface area contributed by atoms with Crippen LogP contribution in [0.3, 0.4) is 0 Å². The minimum absolute atomic E-state index is 0.0577. The van der Waals surface area contributed by atoms with Crippen molar-refractivity contribution in [2.45, 2.75) is 0 Å². The highest BCUT2D eigenvalue weighted by atomic mass is 79.9. The largest absolute Gasteiger partial charge is 0.479 e. The second kappa shape index (κ2) is 5.31. The van der Waals surface area contributed by atoms with E-state index in [2.05, 4.69) is 31.2 Å². The SMILES string of the molecule is Oc1nc(N2CCNCC2)c2cc(Cl)c(Br)c(F)c2n1. The quantitative estimate of drug-likeness (QED) is 0.763. The standard InChI is InChI=1S/C12H11BrClFN4O/c13-8-7(14)5-6-10(9(8)15)17-12(20)18-11(6)19-3-1-16-2-4-19/h5,16H,1-4H2,(H,17,18,20). The Morgan fingerprint density at radius 2 is 2.05 bits per heavy atom. The molecule has 106 valence electrons. The van der Waals surface area contributed by atoms with E-state index in [4.69, 9.17) is 11.6 Å². The Hall–Kier alpha value is -1.18. The van der Waals surface area contributed by atoms with Crippen LogP contribution in [-0.2, 0) is 0 Å². The number of piperazine rings is 1. The van der Waals surface area contributed by atoms with Crippen LogP contribution >= 0.6 is 27.5 Å². The maximum absolute atomic E-state index is 14.2. The maximum Gasteiger partial charge on any atom is 0.316 e. The third-order valence-electron chi connectivity index (χ3n) is 3.21. The molecular formula is C12H11BrClFN4O. The molecule has 20 heavy (non-hydrogen) atoms. The number of nitrogens with zero attached hydrogens (tertiary/aromatic N) is 3. The first kappa shape index (κ1) is 13.8. The number of aromatic hydroxyl groups is 1. The summed E-state index contributed by atoms with van der Waals surface area (Å²) >= 11 is 9.08. The van der Waals surface area contributed by atoms with Gasteiger partial charge in [-0.15, -0.1) is 0 Å². The molecule has 5 nitrogen and oxygen atoms in total. The van der Waals surface area contributed by atoms with Crippen LogP contribution in [0.4, 0.5) is 10.2 Å². The molecule has 0 atom stereocenters. The van der Waals surface area contributed by atoms with E-state index in [9.17, 15) is 9.50 Å². The molecule has 0 bridgehead atoms. The summed E-state index contributed by atoms with van der Waals surface area (Å²) in [5.74, 6) is -0.0936. The van der Waals surface area contributed by atoms with Gasteiger partial charge in [-0.3, -0.25) is 0 Å². The van der Waals surface area contributed by atoms with E-state index in [1.165, 1.54) is 0 Å². The molecule has 3 rings (SSSR count). The first-order valence-corrected chi connectivity index (χ1v) is 7.25. The van der Waals surface area contributed by atoms with Crippen LogP contribution < -0.4 is 10.2 Å². The minimum atomic E-state index is -0.596. The van der Waals surface area contributed by atoms with E-state index < -0.39 is 11.8 Å². The van der Waals surface area contributed by atoms with E-state index in [0.717, 1.165) is 26.2 Å². The molecule has 2 aromatic rings. The van der Waals surface area contributed by atoms with E-state index in [1.54, 1.807) is 6.07 Å². The van der Waals surface area contributed by atoms with Crippen molar-refractivity contribution in [2.75, 3.05) is 31.1 Å². The number of aromatic nitrogens is 2. The molecule has 1 aliphatic heterocycles. The molecule has 1 aromatic heterocycles. The van der Waals surface area contributed by atoms with Gasteiger partial charge < -0.3 is 15.3 Å². The Balaban J connectivity index is 2.25. The summed E-state index contributed by atoms with van der Waals surface area (Å²) in [6.07, 6.45) is 0. The molecule has 0 amide bonds. The first-order valence-electron chi connectivity index (χ1n) is 6.08. The minimum Gasteiger partial charge on any atom is -0.479 e. The molecular weight excluding hydrogens is 351 g/mol. The van der Waals surface area contributed by atoms with Gasteiger partial charge in [-0.2, -0.15) is 9.97 Å². The van der Waals surface area contributed by atoms with Gasteiger partial charge in [0.15, 0.2) is 5.82 Å². The summed E-state index contributed by atoms with van der Waals surface area (Å²) in [7, 11) is 0. The van der Waals surface area contributed by atoms with E-state index in [1.807, 2.05) is 4.90 Å². The topological polar surface area (TPSA) is 61.3 Å². The molecule has 1 aromatic carbocycles. The number of fused-ring (bicyclic) bond motifs is 1. The lowest BCUT2D eigenvalue weighted by molar-refractivity contribution is 0.431. The molecule has 0 radical (unpaired) electrons. The molecule has 0 spiro atoms. The Bertz CT molecular complexity index is 678. The van der Waals surface area contributed by atoms with Crippen molar-refractivity contribution in [3.05, 3.63) is 21.4 Å². The van der Waals surface area contributed by atoms with Gasteiger partial charge in [0.05, 0.1) is 9.50 Å². The summed E-state index contributed by atoms with van der Waals surface area (Å²) in [5.41, 5.74) is 0.0577. The highest BCUT2D eigenvalue weighted by Crippen LogP contribution is 2.35. The van der Waals surface area contributed by atoms with Crippen molar-refractivity contribution < 1.29 is 9.50 Å². The average Bonchev–Trinajstić information content (AvgIpc) is 2.46. The van der Waals surface area contributed by atoms with Crippen LogP contribution in [0, 0.1) is 5.82 Å². The predicted octanol–water partition coefficient (Wildman–Crippen LogP) is 2.30. The maximum atomic E-state index is 14.2. The highest BCUT2D eigenvalue weighted by Gasteiger charge is 2.21. The van der Waals surface area contributed by atoms with Gasteiger partial charge in [-0.25, -0.2) is 4.39 Å². The zero-order chi connectivity index (χ0) is 14.3. The zero-order valence-corrected chi connectivity index (χ0v) is 12.7. The summed E-state index contributed by atoms with van der Waals surface area (Å²) in [6.45, 7) is 3.06. The molecule has 0 saturated carbocycles. The first-order chi connectivity index (χ1) is 9.58. The Labute approximate surface area is 127 Å². The average molecular weight is 362 g/mol. The Morgan fingerprint density at radius 3 is 2.75 bits per heavy atom. The van der Waals surface area contributed by atoms with Gasteiger partial charge >= 0.3 is 6.01 Å². The van der Waals surface area contributed by atoms with E-state index in [0.29, 0.717) is 11.2 Å². The van der Waals surface area contributed by atoms with Crippen LogP contribution in [0.25, 0.3) is 10.9 Å². The van der Waals surface area contributed by atoms with Crippen molar-refractivity contribution >= 4 is 44.3 Å². The smallest absolute Gasteiger partial charge is 0.316 e. The monoisotopic (exact) mass is 360 g/mol. The molecule has 0 unspecified atom stereocenters. The second-order valence-electron chi connectivity index (χ2n) is 4.47. The van der Waals surface area contributed by atoms with Gasteiger partial charge in [-0.05, 0) is 22.0 Å². The predicted molar refractivity (Wildman–Crippen MR) is 79.0 cm³/mol. The Kier molecular flexibility index (Phi) is 3.66. The lowest BCUT2D eigenvalue weighted by atomic mass is 10.2. The Morgan fingerprint density at radius 1 is 1.35 bits per heavy atom. The highest BCUT2D eigenvalue weighted by molar-refractivity contribution is 9.10. The van der Waals surface area contributed by atoms with Gasteiger partial charge in [-0.1, -0.05) is 11.6 Å². The molecule has 1 saturated heterocycles. The van der Waals surface area contributed by atoms with Crippen molar-refractivity contribution in [1.29, 1.82) is 0 Å². The third-order valence-corrected chi connectivity index (χ3v) is 4.51. The molecule has 1 aliphatic rings. The number of hydrogen-bond donors (Lipinski definition) is 2. The van der Waals surface area contributed by atoms with Crippen molar-refractivity contribution in [3.63, 3.8) is 0 Å². The van der Waals surface area contributed by atoms with Crippen LogP contribution in [0.2, 0.25) is 5.02 Å². The lowest BCUT2D eigenvalue weighted by Crippen LogP contribution is -2.44. The molecule has 1 fully saturated rings. The van der Waals surface area contributed by atoms with E-state index >= 15 is 0 Å². The van der Waals surface area contributed by atoms with Gasteiger partial charge in [0.25, 0.3) is 0 Å². The van der Waals surface area contributed by atoms with Crippen LogP contribution in [-0.4, -0.2) is 41.3 Å². The van der Waals surface area contributed by atoms with Gasteiger partial charge in [0.2, 0.25) is 0 Å². The van der Waals surface area contributed by atoms with Crippen LogP contribution in [0.15, 0.2) is 10.5 Å². The summed E-state index contributed by atoms with van der Waals surface area (Å²) in [4.78, 5) is 9.79. The summed E-state index contributed by atoms with van der Waals surface area (Å²) < 4.78 is 14.4. The normalized spacial score (nSPS) is 15.8. The van der Waals surface area contributed by atoms with Gasteiger partial charge in [0, 0.05) is 31.6 Å². The molecule has 0 aliphatic carbocycles. The summed E-state index contributed by atoms with van der Waals surface area (Å²) in [6, 6.07) is 1.17. The fourth-order valence-corrected chi connectivity index (χ4v) is 2.76. The number of nitrogens with one attached hydrogen (secondary N) is 1. The second-order valence-corrected chi connectivity index (χ2v) is 5.67. The number of benzene rings is 1. The number of rotatable bonds is 1. The number of hydrogen-bond acceptors (Lipinski definition) is 5. The number of halogens is 3. The van der Waals surface area contributed by atoms with Crippen molar-refractivity contribution in [3.8, 4) is 6.01 Å². The number of anilines is 1. The molecule has 8 heteroatoms. The van der Waals surface area contributed by atoms with Crippen LogP contribution in [0.1, 0.15) is 0 Å². The van der Waals surface area contributed by atoms with Crippen molar-refractivity contribution in [1.82, 2.24) is 15.3 Å². The fraction of sp³-hybridized carbons (Fsp3) is 0.333.